The maximum absolute atomic E-state index is 5.77. The molecule has 2 rings (SSSR count). The van der Waals surface area contributed by atoms with Crippen LogP contribution in [0.3, 0.4) is 0 Å². The fourth-order valence-corrected chi connectivity index (χ4v) is 1.71. The zero-order chi connectivity index (χ0) is 10.2. The summed E-state index contributed by atoms with van der Waals surface area (Å²) in [5.41, 5.74) is 7.01. The second-order valence-corrected chi connectivity index (χ2v) is 4.71. The Kier molecular flexibility index (Phi) is 2.10. The number of hydrogen-bond acceptors (Lipinski definition) is 3. The Labute approximate surface area is 84.7 Å². The number of rotatable bonds is 3. The minimum Gasteiger partial charge on any atom is -0.396 e. The zero-order valence-corrected chi connectivity index (χ0v) is 8.75. The maximum atomic E-state index is 5.77. The van der Waals surface area contributed by atoms with E-state index in [1.54, 1.807) is 6.20 Å². The van der Waals surface area contributed by atoms with E-state index in [0.29, 0.717) is 5.41 Å². The molecule has 0 radical (unpaired) electrons. The monoisotopic (exact) mass is 191 g/mol. The minimum absolute atomic E-state index is 0.510. The van der Waals surface area contributed by atoms with Gasteiger partial charge in [0.05, 0.1) is 5.69 Å². The first kappa shape index (κ1) is 9.31. The van der Waals surface area contributed by atoms with E-state index in [1.165, 1.54) is 6.42 Å². The molecule has 0 saturated heterocycles. The average Bonchev–Trinajstić information content (AvgIpc) is 2.73. The topological polar surface area (TPSA) is 50.9 Å². The van der Waals surface area contributed by atoms with Gasteiger partial charge in [-0.1, -0.05) is 13.8 Å². The fourth-order valence-electron chi connectivity index (χ4n) is 1.71. The molecule has 0 bridgehead atoms. The third-order valence-electron chi connectivity index (χ3n) is 3.07. The molecule has 3 heteroatoms. The number of pyridine rings is 1. The average molecular weight is 191 g/mol. The molecule has 1 unspecified atom stereocenters. The van der Waals surface area contributed by atoms with E-state index < -0.39 is 0 Å². The molecule has 1 fully saturated rings. The number of nitrogens with zero attached hydrogens (tertiary/aromatic N) is 1. The molecule has 0 amide bonds. The summed E-state index contributed by atoms with van der Waals surface area (Å²) in [6, 6.07) is 3.72. The van der Waals surface area contributed by atoms with E-state index in [1.807, 2.05) is 12.1 Å². The van der Waals surface area contributed by atoms with E-state index in [0.717, 1.165) is 24.0 Å². The van der Waals surface area contributed by atoms with Crippen molar-refractivity contribution in [2.45, 2.75) is 20.3 Å². The van der Waals surface area contributed by atoms with Gasteiger partial charge >= 0.3 is 0 Å². The molecule has 3 nitrogen and oxygen atoms in total. The minimum atomic E-state index is 0.510. The largest absolute Gasteiger partial charge is 0.396 e. The van der Waals surface area contributed by atoms with Gasteiger partial charge in [0.1, 0.15) is 5.82 Å². The van der Waals surface area contributed by atoms with Crippen molar-refractivity contribution < 1.29 is 0 Å². The second-order valence-electron chi connectivity index (χ2n) is 4.71. The van der Waals surface area contributed by atoms with Gasteiger partial charge in [-0.3, -0.25) is 0 Å². The smallest absolute Gasteiger partial charge is 0.149 e. The summed E-state index contributed by atoms with van der Waals surface area (Å²) in [7, 11) is 0. The van der Waals surface area contributed by atoms with Crippen molar-refractivity contribution in [1.29, 1.82) is 0 Å². The quantitative estimate of drug-likeness (QED) is 0.769. The third-order valence-corrected chi connectivity index (χ3v) is 3.07. The van der Waals surface area contributed by atoms with Gasteiger partial charge in [-0.05, 0) is 29.9 Å². The number of hydrogen-bond donors (Lipinski definition) is 2. The van der Waals surface area contributed by atoms with Crippen LogP contribution in [0.1, 0.15) is 20.3 Å². The molecule has 0 spiro atoms. The molecule has 1 aliphatic carbocycles. The summed E-state index contributed by atoms with van der Waals surface area (Å²) in [5.74, 6) is 1.58. The van der Waals surface area contributed by atoms with Gasteiger partial charge in [-0.25, -0.2) is 4.98 Å². The number of nitrogens with two attached hydrogens (primary N) is 1. The predicted molar refractivity (Wildman–Crippen MR) is 59.0 cm³/mol. The molecule has 14 heavy (non-hydrogen) atoms. The normalized spacial score (nSPS) is 23.1. The fraction of sp³-hybridized carbons (Fsp3) is 0.545. The Morgan fingerprint density at radius 1 is 1.64 bits per heavy atom. The van der Waals surface area contributed by atoms with Crippen LogP contribution < -0.4 is 11.1 Å². The van der Waals surface area contributed by atoms with Gasteiger partial charge in [-0.2, -0.15) is 0 Å². The van der Waals surface area contributed by atoms with Crippen molar-refractivity contribution in [3.05, 3.63) is 18.3 Å². The van der Waals surface area contributed by atoms with E-state index in [2.05, 4.69) is 24.1 Å². The number of aromatic nitrogens is 1. The van der Waals surface area contributed by atoms with E-state index >= 15 is 0 Å². The lowest BCUT2D eigenvalue weighted by Gasteiger charge is -2.08. The Morgan fingerprint density at radius 2 is 2.36 bits per heavy atom. The first-order chi connectivity index (χ1) is 6.59. The lowest BCUT2D eigenvalue weighted by atomic mass is 10.1. The summed E-state index contributed by atoms with van der Waals surface area (Å²) in [6.07, 6.45) is 3.06. The molecular formula is C11H17N3. The van der Waals surface area contributed by atoms with Crippen molar-refractivity contribution >= 4 is 11.5 Å². The van der Waals surface area contributed by atoms with Gasteiger partial charge in [0, 0.05) is 12.7 Å². The highest BCUT2D eigenvalue weighted by Gasteiger charge is 2.44. The highest BCUT2D eigenvalue weighted by molar-refractivity contribution is 5.60. The van der Waals surface area contributed by atoms with Crippen molar-refractivity contribution in [2.75, 3.05) is 17.6 Å². The second kappa shape index (κ2) is 3.15. The molecule has 1 heterocycles. The van der Waals surface area contributed by atoms with Gasteiger partial charge in [0.25, 0.3) is 0 Å². The standard InChI is InChI=1S/C11H17N3/c1-11(2)6-8(11)7-14-10-9(12)4-3-5-13-10/h3-5,8H,6-7,12H2,1-2H3,(H,13,14). The summed E-state index contributed by atoms with van der Waals surface area (Å²) < 4.78 is 0. The Balaban J connectivity index is 1.90. The van der Waals surface area contributed by atoms with Crippen LogP contribution in [0.5, 0.6) is 0 Å². The molecule has 1 saturated carbocycles. The van der Waals surface area contributed by atoms with Crippen LogP contribution in [-0.2, 0) is 0 Å². The summed E-state index contributed by atoms with van der Waals surface area (Å²) in [5, 5.41) is 3.29. The Hall–Kier alpha value is -1.25. The summed E-state index contributed by atoms with van der Waals surface area (Å²) >= 11 is 0. The molecule has 76 valence electrons. The molecule has 0 aliphatic heterocycles. The lowest BCUT2D eigenvalue weighted by molar-refractivity contribution is 0.573. The first-order valence-corrected chi connectivity index (χ1v) is 5.04. The molecule has 3 N–H and O–H groups in total. The molecule has 1 aliphatic rings. The third kappa shape index (κ3) is 1.81. The lowest BCUT2D eigenvalue weighted by Crippen LogP contribution is -2.09. The molecule has 1 aromatic heterocycles. The predicted octanol–water partition coefficient (Wildman–Crippen LogP) is 2.12. The summed E-state index contributed by atoms with van der Waals surface area (Å²) in [4.78, 5) is 4.19. The summed E-state index contributed by atoms with van der Waals surface area (Å²) in [6.45, 7) is 5.57. The van der Waals surface area contributed by atoms with Crippen LogP contribution in [0.15, 0.2) is 18.3 Å². The number of anilines is 2. The molecular weight excluding hydrogens is 174 g/mol. The van der Waals surface area contributed by atoms with Crippen molar-refractivity contribution in [1.82, 2.24) is 4.98 Å². The van der Waals surface area contributed by atoms with E-state index in [9.17, 15) is 0 Å². The van der Waals surface area contributed by atoms with Crippen LogP contribution in [0.4, 0.5) is 11.5 Å². The zero-order valence-electron chi connectivity index (χ0n) is 8.75. The molecule has 0 aromatic carbocycles. The number of nitrogen functional groups attached to an aromatic ring is 1. The first-order valence-electron chi connectivity index (χ1n) is 5.04. The highest BCUT2D eigenvalue weighted by atomic mass is 15.0. The Bertz CT molecular complexity index is 333. The van der Waals surface area contributed by atoms with E-state index in [-0.39, 0.29) is 0 Å². The molecule has 1 aromatic rings. The Morgan fingerprint density at radius 3 is 2.93 bits per heavy atom. The van der Waals surface area contributed by atoms with Crippen LogP contribution >= 0.6 is 0 Å². The van der Waals surface area contributed by atoms with Crippen molar-refractivity contribution in [3.63, 3.8) is 0 Å². The van der Waals surface area contributed by atoms with Crippen molar-refractivity contribution in [3.8, 4) is 0 Å². The van der Waals surface area contributed by atoms with Gasteiger partial charge in [0.2, 0.25) is 0 Å². The highest BCUT2D eigenvalue weighted by Crippen LogP contribution is 2.51. The van der Waals surface area contributed by atoms with Crippen molar-refractivity contribution in [2.24, 2.45) is 11.3 Å². The van der Waals surface area contributed by atoms with Crippen LogP contribution in [0, 0.1) is 11.3 Å². The number of nitrogens with one attached hydrogen (secondary N) is 1. The van der Waals surface area contributed by atoms with Gasteiger partial charge < -0.3 is 11.1 Å². The van der Waals surface area contributed by atoms with Crippen LogP contribution in [-0.4, -0.2) is 11.5 Å². The van der Waals surface area contributed by atoms with Gasteiger partial charge in [0.15, 0.2) is 0 Å². The SMILES string of the molecule is CC1(C)CC1CNc1ncccc1N. The van der Waals surface area contributed by atoms with E-state index in [4.69, 9.17) is 5.73 Å². The van der Waals surface area contributed by atoms with Crippen LogP contribution in [0.25, 0.3) is 0 Å². The molecule has 1 atom stereocenters. The van der Waals surface area contributed by atoms with Gasteiger partial charge in [-0.15, -0.1) is 0 Å². The maximum Gasteiger partial charge on any atom is 0.149 e. The van der Waals surface area contributed by atoms with Crippen LogP contribution in [0.2, 0.25) is 0 Å².